The molecule has 1 fully saturated rings. The molecule has 0 bridgehead atoms. The highest BCUT2D eigenvalue weighted by Gasteiger charge is 2.27. The van der Waals surface area contributed by atoms with Crippen molar-refractivity contribution in [1.82, 2.24) is 14.5 Å². The van der Waals surface area contributed by atoms with Crippen molar-refractivity contribution in [2.45, 2.75) is 25.9 Å². The number of carbonyl (C=O) groups is 1. The minimum absolute atomic E-state index is 0.0360. The molecule has 0 aliphatic carbocycles. The molecule has 6 nitrogen and oxygen atoms in total. The Morgan fingerprint density at radius 1 is 1.06 bits per heavy atom. The minimum atomic E-state index is -0.0808. The first-order valence-electron chi connectivity index (χ1n) is 12.0. The molecule has 4 aromatic rings. The number of hydrogen-bond acceptors (Lipinski definition) is 4. The van der Waals surface area contributed by atoms with Gasteiger partial charge in [0.15, 0.2) is 0 Å². The number of halogens is 1. The first kappa shape index (κ1) is 23.4. The van der Waals surface area contributed by atoms with Gasteiger partial charge in [0, 0.05) is 18.1 Å². The Kier molecular flexibility index (Phi) is 7.02. The van der Waals surface area contributed by atoms with Crippen LogP contribution in [0.4, 0.5) is 5.69 Å². The SMILES string of the molecule is COc1ccccc1NC(=O)[C@H]1CCCN(Cc2nc3ccccc3n2Cc2ccc(Cl)cc2)C1. The number of piperidine rings is 1. The van der Waals surface area contributed by atoms with Crippen LogP contribution in [0.1, 0.15) is 24.2 Å². The van der Waals surface area contributed by atoms with Crippen LogP contribution in [0.2, 0.25) is 5.02 Å². The van der Waals surface area contributed by atoms with Crippen LogP contribution in [0.15, 0.2) is 72.8 Å². The van der Waals surface area contributed by atoms with Crippen molar-refractivity contribution in [2.75, 3.05) is 25.5 Å². The molecule has 0 spiro atoms. The van der Waals surface area contributed by atoms with Crippen LogP contribution < -0.4 is 10.1 Å². The van der Waals surface area contributed by atoms with Gasteiger partial charge >= 0.3 is 0 Å². The Labute approximate surface area is 210 Å². The Balaban J connectivity index is 1.33. The largest absolute Gasteiger partial charge is 0.495 e. The van der Waals surface area contributed by atoms with Crippen LogP contribution in [-0.4, -0.2) is 40.6 Å². The van der Waals surface area contributed by atoms with Crippen LogP contribution in [-0.2, 0) is 17.9 Å². The number of amides is 1. The molecule has 180 valence electrons. The van der Waals surface area contributed by atoms with E-state index in [0.29, 0.717) is 24.5 Å². The van der Waals surface area contributed by atoms with E-state index < -0.39 is 0 Å². The standard InChI is InChI=1S/C28H29ClN4O2/c1-35-26-11-5-3-9-24(26)31-28(34)21-7-6-16-32(18-21)19-27-30-23-8-2-4-10-25(23)33(27)17-20-12-14-22(29)15-13-20/h2-5,8-15,21H,6-7,16-19H2,1H3,(H,31,34)/t21-/m0/s1. The number of likely N-dealkylation sites (tertiary alicyclic amines) is 1. The Hall–Kier alpha value is -3.35. The number of imidazole rings is 1. The van der Waals surface area contributed by atoms with E-state index in [2.05, 4.69) is 39.0 Å². The zero-order valence-electron chi connectivity index (χ0n) is 19.8. The lowest BCUT2D eigenvalue weighted by molar-refractivity contribution is -0.121. The molecule has 5 rings (SSSR count). The maximum absolute atomic E-state index is 13.1. The lowest BCUT2D eigenvalue weighted by Gasteiger charge is -2.32. The van der Waals surface area contributed by atoms with Gasteiger partial charge in [-0.1, -0.05) is 48.0 Å². The topological polar surface area (TPSA) is 59.4 Å². The van der Waals surface area contributed by atoms with Crippen molar-refractivity contribution < 1.29 is 9.53 Å². The predicted octanol–water partition coefficient (Wildman–Crippen LogP) is 5.60. The summed E-state index contributed by atoms with van der Waals surface area (Å²) in [5.74, 6) is 1.63. The van der Waals surface area contributed by atoms with Crippen LogP contribution in [0.25, 0.3) is 11.0 Å². The zero-order chi connectivity index (χ0) is 24.2. The fourth-order valence-corrected chi connectivity index (χ4v) is 4.92. The summed E-state index contributed by atoms with van der Waals surface area (Å²) in [6.45, 7) is 3.06. The van der Waals surface area contributed by atoms with Gasteiger partial charge in [-0.3, -0.25) is 9.69 Å². The molecule has 0 unspecified atom stereocenters. The number of para-hydroxylation sites is 4. The van der Waals surface area contributed by atoms with E-state index in [9.17, 15) is 4.79 Å². The molecule has 1 aliphatic rings. The van der Waals surface area contributed by atoms with Crippen molar-refractivity contribution in [2.24, 2.45) is 5.92 Å². The lowest BCUT2D eigenvalue weighted by Crippen LogP contribution is -2.40. The third kappa shape index (κ3) is 5.34. The van der Waals surface area contributed by atoms with Crippen molar-refractivity contribution in [3.05, 3.63) is 89.2 Å². The number of ether oxygens (including phenoxy) is 1. The molecule has 1 saturated heterocycles. The second kappa shape index (κ2) is 10.5. The van der Waals surface area contributed by atoms with Gasteiger partial charge in [0.25, 0.3) is 0 Å². The molecule has 0 saturated carbocycles. The molecule has 0 radical (unpaired) electrons. The first-order chi connectivity index (χ1) is 17.1. The van der Waals surface area contributed by atoms with E-state index in [4.69, 9.17) is 21.3 Å². The van der Waals surface area contributed by atoms with Gasteiger partial charge in [-0.05, 0) is 61.3 Å². The van der Waals surface area contributed by atoms with Crippen LogP contribution >= 0.6 is 11.6 Å². The quantitative estimate of drug-likeness (QED) is 0.368. The molecule has 1 aromatic heterocycles. The average molecular weight is 489 g/mol. The van der Waals surface area contributed by atoms with Gasteiger partial charge in [-0.2, -0.15) is 0 Å². The minimum Gasteiger partial charge on any atom is -0.495 e. The van der Waals surface area contributed by atoms with Gasteiger partial charge < -0.3 is 14.6 Å². The normalized spacial score (nSPS) is 16.3. The summed E-state index contributed by atoms with van der Waals surface area (Å²) >= 11 is 6.09. The number of nitrogens with zero attached hydrogens (tertiary/aromatic N) is 3. The molecule has 1 aliphatic heterocycles. The molecular weight excluding hydrogens is 460 g/mol. The fraction of sp³-hybridized carbons (Fsp3) is 0.286. The molecular formula is C28H29ClN4O2. The number of fused-ring (bicyclic) bond motifs is 1. The smallest absolute Gasteiger partial charge is 0.228 e. The molecule has 2 heterocycles. The third-order valence-corrected chi connectivity index (χ3v) is 6.85. The van der Waals surface area contributed by atoms with Crippen molar-refractivity contribution >= 4 is 34.2 Å². The number of hydrogen-bond donors (Lipinski definition) is 1. The van der Waals surface area contributed by atoms with Crippen molar-refractivity contribution in [3.8, 4) is 5.75 Å². The first-order valence-corrected chi connectivity index (χ1v) is 12.3. The molecule has 3 aromatic carbocycles. The highest BCUT2D eigenvalue weighted by atomic mass is 35.5. The summed E-state index contributed by atoms with van der Waals surface area (Å²) < 4.78 is 7.66. The number of anilines is 1. The Morgan fingerprint density at radius 3 is 2.66 bits per heavy atom. The van der Waals surface area contributed by atoms with E-state index >= 15 is 0 Å². The highest BCUT2D eigenvalue weighted by Crippen LogP contribution is 2.27. The number of aromatic nitrogens is 2. The maximum atomic E-state index is 13.1. The second-order valence-electron chi connectivity index (χ2n) is 8.99. The van der Waals surface area contributed by atoms with Crippen molar-refractivity contribution in [1.29, 1.82) is 0 Å². The van der Waals surface area contributed by atoms with Crippen LogP contribution in [0.3, 0.4) is 0 Å². The summed E-state index contributed by atoms with van der Waals surface area (Å²) in [4.78, 5) is 20.4. The Bertz CT molecular complexity index is 1320. The summed E-state index contributed by atoms with van der Waals surface area (Å²) in [6.07, 6.45) is 1.85. The van der Waals surface area contributed by atoms with E-state index in [1.807, 2.05) is 48.5 Å². The van der Waals surface area contributed by atoms with Crippen LogP contribution in [0.5, 0.6) is 5.75 Å². The molecule has 1 atom stereocenters. The van der Waals surface area contributed by atoms with E-state index in [1.165, 1.54) is 5.56 Å². The van der Waals surface area contributed by atoms with Crippen LogP contribution in [0, 0.1) is 5.92 Å². The zero-order valence-corrected chi connectivity index (χ0v) is 20.5. The van der Waals surface area contributed by atoms with Gasteiger partial charge in [0.05, 0.1) is 36.3 Å². The third-order valence-electron chi connectivity index (χ3n) is 6.59. The van der Waals surface area contributed by atoms with E-state index in [0.717, 1.165) is 47.8 Å². The number of rotatable bonds is 7. The molecule has 1 amide bonds. The van der Waals surface area contributed by atoms with Gasteiger partial charge in [-0.15, -0.1) is 0 Å². The summed E-state index contributed by atoms with van der Waals surface area (Å²) in [7, 11) is 1.61. The van der Waals surface area contributed by atoms with Gasteiger partial charge in [0.2, 0.25) is 5.91 Å². The monoisotopic (exact) mass is 488 g/mol. The number of nitrogens with one attached hydrogen (secondary N) is 1. The van der Waals surface area contributed by atoms with E-state index in [-0.39, 0.29) is 11.8 Å². The van der Waals surface area contributed by atoms with Gasteiger partial charge in [0.1, 0.15) is 11.6 Å². The predicted molar refractivity (Wildman–Crippen MR) is 140 cm³/mol. The second-order valence-corrected chi connectivity index (χ2v) is 9.43. The Morgan fingerprint density at radius 2 is 1.83 bits per heavy atom. The van der Waals surface area contributed by atoms with Crippen molar-refractivity contribution in [3.63, 3.8) is 0 Å². The van der Waals surface area contributed by atoms with E-state index in [1.54, 1.807) is 7.11 Å². The molecule has 35 heavy (non-hydrogen) atoms. The molecule has 7 heteroatoms. The summed E-state index contributed by atoms with van der Waals surface area (Å²) in [5, 5.41) is 3.80. The number of benzene rings is 3. The number of carbonyl (C=O) groups excluding carboxylic acids is 1. The summed E-state index contributed by atoms with van der Waals surface area (Å²) in [5.41, 5.74) is 3.98. The van der Waals surface area contributed by atoms with Gasteiger partial charge in [-0.25, -0.2) is 4.98 Å². The summed E-state index contributed by atoms with van der Waals surface area (Å²) in [6, 6.07) is 23.7. The number of methoxy groups -OCH3 is 1. The maximum Gasteiger partial charge on any atom is 0.228 e. The lowest BCUT2D eigenvalue weighted by atomic mass is 9.97. The highest BCUT2D eigenvalue weighted by molar-refractivity contribution is 6.30. The average Bonchev–Trinajstić information content (AvgIpc) is 3.22. The fourth-order valence-electron chi connectivity index (χ4n) is 4.79. The molecule has 1 N–H and O–H groups in total.